The van der Waals surface area contributed by atoms with Crippen LogP contribution in [0, 0.1) is 0 Å². The standard InChI is InChI=1S/C32H17NO3S2/c34-30-18-8-1-4-13-26(18)37-29-17-25-20(16-21(29)30)31(35)19-9-7-12-24(32(19)36-25)33-22-10-2-5-14-27(22)38-28-15-6-3-11-23(28)33/h1-17H. The maximum atomic E-state index is 13.9. The second kappa shape index (κ2) is 8.05. The molecule has 0 amide bonds. The molecule has 0 aliphatic carbocycles. The van der Waals surface area contributed by atoms with Crippen molar-refractivity contribution >= 4 is 82.3 Å². The van der Waals surface area contributed by atoms with E-state index in [-0.39, 0.29) is 10.9 Å². The third kappa shape index (κ3) is 3.05. The highest BCUT2D eigenvalue weighted by Gasteiger charge is 2.27. The molecule has 0 radical (unpaired) electrons. The Labute approximate surface area is 224 Å². The summed E-state index contributed by atoms with van der Waals surface area (Å²) >= 11 is 3.26. The van der Waals surface area contributed by atoms with Gasteiger partial charge in [0.15, 0.2) is 11.0 Å². The van der Waals surface area contributed by atoms with Crippen molar-refractivity contribution in [1.29, 1.82) is 0 Å². The van der Waals surface area contributed by atoms with Crippen LogP contribution in [0.5, 0.6) is 0 Å². The van der Waals surface area contributed by atoms with Gasteiger partial charge in [-0.1, -0.05) is 54.2 Å². The SMILES string of the molecule is O=c1c2ccccc2sc2cc3oc4c(N5c6ccccc6Sc6ccccc65)cccc4c(=O)c3cc12. The number of fused-ring (bicyclic) bond motifs is 6. The highest BCUT2D eigenvalue weighted by molar-refractivity contribution is 7.99. The van der Waals surface area contributed by atoms with Crippen molar-refractivity contribution in [2.45, 2.75) is 9.79 Å². The molecule has 4 nitrogen and oxygen atoms in total. The van der Waals surface area contributed by atoms with Gasteiger partial charge in [-0.2, -0.15) is 0 Å². The van der Waals surface area contributed by atoms with E-state index in [1.165, 1.54) is 11.3 Å². The van der Waals surface area contributed by atoms with Gasteiger partial charge in [-0.25, -0.2) is 0 Å². The van der Waals surface area contributed by atoms with E-state index >= 15 is 0 Å². The molecule has 0 atom stereocenters. The molecule has 0 spiro atoms. The van der Waals surface area contributed by atoms with Gasteiger partial charge >= 0.3 is 0 Å². The van der Waals surface area contributed by atoms with Crippen LogP contribution in [-0.2, 0) is 0 Å². The Kier molecular flexibility index (Phi) is 4.59. The van der Waals surface area contributed by atoms with Crippen molar-refractivity contribution in [3.63, 3.8) is 0 Å². The first-order chi connectivity index (χ1) is 18.7. The van der Waals surface area contributed by atoms with Gasteiger partial charge in [0.1, 0.15) is 5.58 Å². The fourth-order valence-corrected chi connectivity index (χ4v) is 7.44. The lowest BCUT2D eigenvalue weighted by Gasteiger charge is -2.32. The largest absolute Gasteiger partial charge is 0.454 e. The van der Waals surface area contributed by atoms with Gasteiger partial charge in [-0.15, -0.1) is 11.3 Å². The molecule has 38 heavy (non-hydrogen) atoms. The van der Waals surface area contributed by atoms with Crippen molar-refractivity contribution in [3.8, 4) is 0 Å². The molecular weight excluding hydrogens is 510 g/mol. The lowest BCUT2D eigenvalue weighted by Crippen LogP contribution is -2.16. The van der Waals surface area contributed by atoms with Crippen LogP contribution in [-0.4, -0.2) is 0 Å². The number of anilines is 3. The summed E-state index contributed by atoms with van der Waals surface area (Å²) in [6, 6.07) is 33.3. The Morgan fingerprint density at radius 1 is 0.553 bits per heavy atom. The minimum absolute atomic E-state index is 0.0662. The maximum Gasteiger partial charge on any atom is 0.200 e. The molecule has 6 heteroatoms. The highest BCUT2D eigenvalue weighted by Crippen LogP contribution is 2.52. The van der Waals surface area contributed by atoms with Gasteiger partial charge in [-0.3, -0.25) is 9.59 Å². The molecular formula is C32H17NO3S2. The molecule has 0 saturated heterocycles. The van der Waals surface area contributed by atoms with Crippen LogP contribution in [0.4, 0.5) is 17.1 Å². The summed E-state index contributed by atoms with van der Waals surface area (Å²) in [4.78, 5) is 31.6. The fraction of sp³-hybridized carbons (Fsp3) is 0. The minimum Gasteiger partial charge on any atom is -0.454 e. The summed E-state index contributed by atoms with van der Waals surface area (Å²) in [5.74, 6) is 0. The van der Waals surface area contributed by atoms with E-state index in [4.69, 9.17) is 4.42 Å². The van der Waals surface area contributed by atoms with Crippen LogP contribution in [0.1, 0.15) is 0 Å². The Bertz CT molecular complexity index is 2190. The van der Waals surface area contributed by atoms with Crippen LogP contribution < -0.4 is 15.8 Å². The molecule has 0 N–H and O–H groups in total. The van der Waals surface area contributed by atoms with Crippen molar-refractivity contribution in [1.82, 2.24) is 0 Å². The quantitative estimate of drug-likeness (QED) is 0.200. The molecule has 8 rings (SSSR count). The highest BCUT2D eigenvalue weighted by atomic mass is 32.2. The average Bonchev–Trinajstić information content (AvgIpc) is 2.95. The van der Waals surface area contributed by atoms with Crippen LogP contribution in [0.15, 0.2) is 127 Å². The van der Waals surface area contributed by atoms with E-state index < -0.39 is 0 Å². The van der Waals surface area contributed by atoms with Crippen LogP contribution in [0.25, 0.3) is 42.1 Å². The lowest BCUT2D eigenvalue weighted by molar-refractivity contribution is 0.660. The number of hydrogen-bond donors (Lipinski definition) is 0. The monoisotopic (exact) mass is 527 g/mol. The van der Waals surface area contributed by atoms with Gasteiger partial charge in [0.2, 0.25) is 5.43 Å². The Hall–Kier alpha value is -4.39. The number of rotatable bonds is 1. The Balaban J connectivity index is 1.46. The van der Waals surface area contributed by atoms with E-state index in [0.29, 0.717) is 32.7 Å². The minimum atomic E-state index is -0.143. The summed E-state index contributed by atoms with van der Waals surface area (Å²) < 4.78 is 8.26. The van der Waals surface area contributed by atoms with E-state index in [1.54, 1.807) is 23.9 Å². The average molecular weight is 528 g/mol. The van der Waals surface area contributed by atoms with Gasteiger partial charge in [0.05, 0.1) is 27.8 Å². The predicted molar refractivity (Wildman–Crippen MR) is 158 cm³/mol. The molecule has 7 aromatic rings. The van der Waals surface area contributed by atoms with Crippen LogP contribution in [0.3, 0.4) is 0 Å². The van der Waals surface area contributed by atoms with E-state index in [0.717, 1.165) is 36.3 Å². The molecule has 0 fully saturated rings. The van der Waals surface area contributed by atoms with Crippen molar-refractivity contribution in [2.75, 3.05) is 4.90 Å². The first-order valence-electron chi connectivity index (χ1n) is 12.2. The molecule has 3 heterocycles. The molecule has 1 aliphatic heterocycles. The number of nitrogens with zero attached hydrogens (tertiary/aromatic N) is 1. The van der Waals surface area contributed by atoms with Crippen LogP contribution in [0.2, 0.25) is 0 Å². The lowest BCUT2D eigenvalue weighted by atomic mass is 10.1. The van der Waals surface area contributed by atoms with Gasteiger partial charge in [0, 0.05) is 30.0 Å². The first kappa shape index (κ1) is 21.7. The van der Waals surface area contributed by atoms with Gasteiger partial charge in [0.25, 0.3) is 0 Å². The normalized spacial score (nSPS) is 12.8. The maximum absolute atomic E-state index is 13.9. The molecule has 0 bridgehead atoms. The molecule has 180 valence electrons. The number of para-hydroxylation sites is 3. The molecule has 0 saturated carbocycles. The van der Waals surface area contributed by atoms with Crippen molar-refractivity contribution in [2.24, 2.45) is 0 Å². The van der Waals surface area contributed by atoms with Crippen molar-refractivity contribution in [3.05, 3.63) is 124 Å². The Morgan fingerprint density at radius 3 is 1.97 bits per heavy atom. The van der Waals surface area contributed by atoms with E-state index in [9.17, 15) is 9.59 Å². The first-order valence-corrected chi connectivity index (χ1v) is 13.8. The zero-order valence-electron chi connectivity index (χ0n) is 19.8. The second-order valence-corrected chi connectivity index (χ2v) is 11.4. The second-order valence-electron chi connectivity index (χ2n) is 9.23. The van der Waals surface area contributed by atoms with Gasteiger partial charge < -0.3 is 9.32 Å². The molecule has 5 aromatic carbocycles. The third-order valence-corrected chi connectivity index (χ3v) is 9.31. The zero-order chi connectivity index (χ0) is 25.4. The third-order valence-electron chi connectivity index (χ3n) is 7.05. The molecule has 2 aromatic heterocycles. The van der Waals surface area contributed by atoms with Crippen LogP contribution >= 0.6 is 23.1 Å². The summed E-state index contributed by atoms with van der Waals surface area (Å²) in [6.45, 7) is 0. The predicted octanol–water partition coefficient (Wildman–Crippen LogP) is 8.61. The summed E-state index contributed by atoms with van der Waals surface area (Å²) in [5, 5.41) is 2.10. The summed E-state index contributed by atoms with van der Waals surface area (Å²) in [6.07, 6.45) is 0. The number of benzene rings is 5. The summed E-state index contributed by atoms with van der Waals surface area (Å²) in [7, 11) is 0. The van der Waals surface area contributed by atoms with Crippen molar-refractivity contribution < 1.29 is 4.42 Å². The Morgan fingerprint density at radius 2 is 1.18 bits per heavy atom. The van der Waals surface area contributed by atoms with E-state index in [2.05, 4.69) is 29.2 Å². The molecule has 0 unspecified atom stereocenters. The zero-order valence-corrected chi connectivity index (χ0v) is 21.4. The number of hydrogen-bond acceptors (Lipinski definition) is 6. The van der Waals surface area contributed by atoms with E-state index in [1.807, 2.05) is 66.7 Å². The van der Waals surface area contributed by atoms with Gasteiger partial charge in [-0.05, 0) is 60.7 Å². The summed E-state index contributed by atoms with van der Waals surface area (Å²) in [5.41, 5.74) is 3.66. The molecule has 1 aliphatic rings. The topological polar surface area (TPSA) is 50.5 Å². The fourth-order valence-electron chi connectivity index (χ4n) is 5.30. The smallest absolute Gasteiger partial charge is 0.200 e.